The standard InChI is InChI=1S/C13H21NS/c1-11(2)14-10-13(7-8-13)6-5-12-4-3-9-15-12/h3-4,9,11,14H,5-8,10H2,1-2H3. The predicted molar refractivity (Wildman–Crippen MR) is 67.4 cm³/mol. The fraction of sp³-hybridized carbons (Fsp3) is 0.692. The van der Waals surface area contributed by atoms with Crippen LogP contribution >= 0.6 is 11.3 Å². The Morgan fingerprint density at radius 1 is 1.47 bits per heavy atom. The summed E-state index contributed by atoms with van der Waals surface area (Å²) in [4.78, 5) is 1.55. The second-order valence-corrected chi connectivity index (χ2v) is 6.15. The van der Waals surface area contributed by atoms with Crippen molar-refractivity contribution in [3.05, 3.63) is 22.4 Å². The minimum Gasteiger partial charge on any atom is -0.314 e. The second-order valence-electron chi connectivity index (χ2n) is 5.11. The van der Waals surface area contributed by atoms with E-state index in [4.69, 9.17) is 0 Å². The molecule has 0 amide bonds. The van der Waals surface area contributed by atoms with Crippen LogP contribution in [0.5, 0.6) is 0 Å². The van der Waals surface area contributed by atoms with Crippen molar-refractivity contribution >= 4 is 11.3 Å². The van der Waals surface area contributed by atoms with Gasteiger partial charge in [0.15, 0.2) is 0 Å². The molecule has 2 heteroatoms. The normalized spacial score (nSPS) is 18.3. The Morgan fingerprint density at radius 3 is 2.80 bits per heavy atom. The molecule has 0 aliphatic heterocycles. The molecule has 0 bridgehead atoms. The van der Waals surface area contributed by atoms with Gasteiger partial charge in [-0.2, -0.15) is 0 Å². The van der Waals surface area contributed by atoms with E-state index in [1.54, 1.807) is 4.88 Å². The van der Waals surface area contributed by atoms with Crippen molar-refractivity contribution in [1.29, 1.82) is 0 Å². The summed E-state index contributed by atoms with van der Waals surface area (Å²) in [5, 5.41) is 5.76. The van der Waals surface area contributed by atoms with Crippen LogP contribution in [0.1, 0.15) is 38.0 Å². The molecule has 1 aliphatic rings. The van der Waals surface area contributed by atoms with Crippen molar-refractivity contribution in [3.8, 4) is 0 Å². The molecule has 1 aliphatic carbocycles. The molecule has 1 aromatic heterocycles. The zero-order valence-electron chi connectivity index (χ0n) is 9.75. The number of thiophene rings is 1. The summed E-state index contributed by atoms with van der Waals surface area (Å²) in [6.45, 7) is 5.68. The Bertz CT molecular complexity index is 285. The Kier molecular flexibility index (Phi) is 3.47. The maximum absolute atomic E-state index is 3.58. The van der Waals surface area contributed by atoms with Crippen molar-refractivity contribution in [2.45, 2.75) is 45.6 Å². The largest absolute Gasteiger partial charge is 0.314 e. The third-order valence-electron chi connectivity index (χ3n) is 3.32. The number of rotatable bonds is 6. The lowest BCUT2D eigenvalue weighted by molar-refractivity contribution is 0.407. The molecule has 1 heterocycles. The van der Waals surface area contributed by atoms with Gasteiger partial charge in [0.1, 0.15) is 0 Å². The Balaban J connectivity index is 1.74. The second kappa shape index (κ2) is 4.67. The van der Waals surface area contributed by atoms with Crippen LogP contribution in [0, 0.1) is 5.41 Å². The quantitative estimate of drug-likeness (QED) is 0.779. The average Bonchev–Trinajstić information content (AvgIpc) is 2.78. The van der Waals surface area contributed by atoms with E-state index in [9.17, 15) is 0 Å². The van der Waals surface area contributed by atoms with Gasteiger partial charge in [-0.05, 0) is 42.5 Å². The third kappa shape index (κ3) is 3.32. The Hall–Kier alpha value is -0.340. The van der Waals surface area contributed by atoms with Crippen molar-refractivity contribution in [3.63, 3.8) is 0 Å². The molecule has 0 unspecified atom stereocenters. The molecule has 15 heavy (non-hydrogen) atoms. The van der Waals surface area contributed by atoms with E-state index in [1.807, 2.05) is 11.3 Å². The number of hydrogen-bond acceptors (Lipinski definition) is 2. The molecule has 0 spiro atoms. The lowest BCUT2D eigenvalue weighted by Crippen LogP contribution is -2.30. The summed E-state index contributed by atoms with van der Waals surface area (Å²) < 4.78 is 0. The minimum atomic E-state index is 0.629. The van der Waals surface area contributed by atoms with Crippen LogP contribution in [0.2, 0.25) is 0 Å². The van der Waals surface area contributed by atoms with E-state index in [2.05, 4.69) is 36.7 Å². The molecule has 1 N–H and O–H groups in total. The number of hydrogen-bond donors (Lipinski definition) is 1. The van der Waals surface area contributed by atoms with E-state index in [0.717, 1.165) is 0 Å². The molecule has 0 atom stereocenters. The highest BCUT2D eigenvalue weighted by Gasteiger charge is 2.41. The van der Waals surface area contributed by atoms with E-state index >= 15 is 0 Å². The Morgan fingerprint density at radius 2 is 2.27 bits per heavy atom. The van der Waals surface area contributed by atoms with E-state index < -0.39 is 0 Å². The van der Waals surface area contributed by atoms with Gasteiger partial charge in [-0.3, -0.25) is 0 Å². The molecule has 2 rings (SSSR count). The van der Waals surface area contributed by atoms with Gasteiger partial charge in [0.2, 0.25) is 0 Å². The fourth-order valence-corrected chi connectivity index (χ4v) is 2.66. The topological polar surface area (TPSA) is 12.0 Å². The van der Waals surface area contributed by atoms with Crippen LogP contribution in [0.15, 0.2) is 17.5 Å². The zero-order chi connectivity index (χ0) is 10.7. The van der Waals surface area contributed by atoms with Gasteiger partial charge >= 0.3 is 0 Å². The van der Waals surface area contributed by atoms with Crippen molar-refractivity contribution < 1.29 is 0 Å². The lowest BCUT2D eigenvalue weighted by Gasteiger charge is -2.17. The molecule has 84 valence electrons. The van der Waals surface area contributed by atoms with Gasteiger partial charge in [-0.1, -0.05) is 19.9 Å². The molecule has 1 saturated carbocycles. The van der Waals surface area contributed by atoms with Crippen LogP contribution < -0.4 is 5.32 Å². The van der Waals surface area contributed by atoms with E-state index in [-0.39, 0.29) is 0 Å². The highest BCUT2D eigenvalue weighted by Crippen LogP contribution is 2.49. The van der Waals surface area contributed by atoms with Gasteiger partial charge < -0.3 is 5.32 Å². The van der Waals surface area contributed by atoms with Gasteiger partial charge in [-0.15, -0.1) is 11.3 Å². The summed E-state index contributed by atoms with van der Waals surface area (Å²) in [5.41, 5.74) is 0.647. The predicted octanol–water partition coefficient (Wildman–Crippen LogP) is 3.46. The summed E-state index contributed by atoms with van der Waals surface area (Å²) in [6, 6.07) is 5.05. The number of aryl methyl sites for hydroxylation is 1. The SMILES string of the molecule is CC(C)NCC1(CCc2cccs2)CC1. The third-order valence-corrected chi connectivity index (χ3v) is 4.26. The fourth-order valence-electron chi connectivity index (χ4n) is 1.96. The summed E-state index contributed by atoms with van der Waals surface area (Å²) in [7, 11) is 0. The molecule has 0 aromatic carbocycles. The van der Waals surface area contributed by atoms with E-state index in [1.165, 1.54) is 32.2 Å². The molecule has 1 fully saturated rings. The van der Waals surface area contributed by atoms with Gasteiger partial charge in [-0.25, -0.2) is 0 Å². The summed E-state index contributed by atoms with van der Waals surface area (Å²) in [6.07, 6.45) is 5.50. The van der Waals surface area contributed by atoms with E-state index in [0.29, 0.717) is 11.5 Å². The first-order valence-electron chi connectivity index (χ1n) is 5.96. The maximum atomic E-state index is 3.58. The first-order chi connectivity index (χ1) is 7.20. The van der Waals surface area contributed by atoms with Crippen molar-refractivity contribution in [2.75, 3.05) is 6.54 Å². The smallest absolute Gasteiger partial charge is 0.00454 e. The lowest BCUT2D eigenvalue weighted by atomic mass is 9.99. The first kappa shape index (κ1) is 11.2. The van der Waals surface area contributed by atoms with Crippen LogP contribution in [-0.2, 0) is 6.42 Å². The first-order valence-corrected chi connectivity index (χ1v) is 6.84. The van der Waals surface area contributed by atoms with Crippen LogP contribution in [0.3, 0.4) is 0 Å². The molecular formula is C13H21NS. The number of nitrogens with one attached hydrogen (secondary N) is 1. The van der Waals surface area contributed by atoms with Crippen LogP contribution in [0.4, 0.5) is 0 Å². The highest BCUT2D eigenvalue weighted by molar-refractivity contribution is 7.09. The van der Waals surface area contributed by atoms with Crippen LogP contribution in [-0.4, -0.2) is 12.6 Å². The van der Waals surface area contributed by atoms with Gasteiger partial charge in [0.25, 0.3) is 0 Å². The van der Waals surface area contributed by atoms with Crippen LogP contribution in [0.25, 0.3) is 0 Å². The summed E-state index contributed by atoms with van der Waals surface area (Å²) in [5.74, 6) is 0. The van der Waals surface area contributed by atoms with Gasteiger partial charge in [0, 0.05) is 17.5 Å². The maximum Gasteiger partial charge on any atom is 0.00454 e. The van der Waals surface area contributed by atoms with Crippen molar-refractivity contribution in [2.24, 2.45) is 5.41 Å². The van der Waals surface area contributed by atoms with Gasteiger partial charge in [0.05, 0.1) is 0 Å². The average molecular weight is 223 g/mol. The van der Waals surface area contributed by atoms with Crippen molar-refractivity contribution in [1.82, 2.24) is 5.32 Å². The summed E-state index contributed by atoms with van der Waals surface area (Å²) >= 11 is 1.90. The monoisotopic (exact) mass is 223 g/mol. The molecular weight excluding hydrogens is 202 g/mol. The zero-order valence-corrected chi connectivity index (χ0v) is 10.6. The molecule has 1 aromatic rings. The Labute approximate surface area is 96.9 Å². The minimum absolute atomic E-state index is 0.629. The highest BCUT2D eigenvalue weighted by atomic mass is 32.1. The molecule has 1 nitrogen and oxygen atoms in total. The molecule has 0 saturated heterocycles. The molecule has 0 radical (unpaired) electrons.